The van der Waals surface area contributed by atoms with Crippen LogP contribution in [0.1, 0.15) is 23.9 Å². The Morgan fingerprint density at radius 1 is 1.65 bits per heavy atom. The van der Waals surface area contributed by atoms with E-state index in [4.69, 9.17) is 10.4 Å². The number of carboxylic acid groups (broad SMARTS) is 1. The number of carbonyl (C=O) groups is 1. The highest BCUT2D eigenvalue weighted by Gasteiger charge is 2.22. The lowest BCUT2D eigenvalue weighted by Crippen LogP contribution is -2.32. The summed E-state index contributed by atoms with van der Waals surface area (Å²) in [5.41, 5.74) is 0. The van der Waals surface area contributed by atoms with E-state index in [9.17, 15) is 13.2 Å². The predicted octanol–water partition coefficient (Wildman–Crippen LogP) is 0.558. The van der Waals surface area contributed by atoms with Crippen LogP contribution in [0.2, 0.25) is 0 Å². The molecule has 8 heteroatoms. The molecule has 17 heavy (non-hydrogen) atoms. The Morgan fingerprint density at radius 2 is 2.29 bits per heavy atom. The van der Waals surface area contributed by atoms with Crippen molar-refractivity contribution in [1.29, 1.82) is 5.26 Å². The Bertz CT molecular complexity index is 554. The molecule has 2 N–H and O–H groups in total. The molecule has 0 saturated heterocycles. The van der Waals surface area contributed by atoms with E-state index in [1.807, 2.05) is 6.07 Å². The van der Waals surface area contributed by atoms with E-state index in [-0.39, 0.29) is 6.42 Å². The zero-order valence-electron chi connectivity index (χ0n) is 8.87. The summed E-state index contributed by atoms with van der Waals surface area (Å²) in [7, 11) is -3.93. The van der Waals surface area contributed by atoms with Gasteiger partial charge in [0.1, 0.15) is 0 Å². The van der Waals surface area contributed by atoms with Gasteiger partial charge in [0, 0.05) is 6.04 Å². The van der Waals surface area contributed by atoms with Crippen LogP contribution in [-0.2, 0) is 10.0 Å². The van der Waals surface area contributed by atoms with Gasteiger partial charge in [0.15, 0.2) is 0 Å². The summed E-state index contributed by atoms with van der Waals surface area (Å²) in [4.78, 5) is 10.5. The summed E-state index contributed by atoms with van der Waals surface area (Å²) < 4.78 is 30.1. The zero-order chi connectivity index (χ0) is 13.1. The topological polar surface area (TPSA) is 120 Å². The fourth-order valence-electron chi connectivity index (χ4n) is 1.08. The molecule has 1 unspecified atom stereocenters. The van der Waals surface area contributed by atoms with Crippen LogP contribution in [0.25, 0.3) is 0 Å². The molecule has 0 radical (unpaired) electrons. The highest BCUT2D eigenvalue weighted by atomic mass is 32.2. The highest BCUT2D eigenvalue weighted by Crippen LogP contribution is 2.14. The van der Waals surface area contributed by atoms with Gasteiger partial charge in [-0.15, -0.1) is 0 Å². The standard InChI is InChI=1S/C9H10N2O5S/c1-6(4-5-10)11-17(14,15)8-3-2-7(16-8)9(12)13/h2-3,6,11H,4H2,1H3,(H,12,13). The molecular formula is C9H10N2O5S. The second-order valence-corrected chi connectivity index (χ2v) is 4.95. The Hall–Kier alpha value is -1.85. The molecule has 1 atom stereocenters. The first kappa shape index (κ1) is 13.2. The lowest BCUT2D eigenvalue weighted by Gasteiger charge is -2.08. The fourth-order valence-corrected chi connectivity index (χ4v) is 2.26. The average molecular weight is 258 g/mol. The van der Waals surface area contributed by atoms with Crippen LogP contribution in [0.3, 0.4) is 0 Å². The fraction of sp³-hybridized carbons (Fsp3) is 0.333. The smallest absolute Gasteiger partial charge is 0.371 e. The Labute approximate surface area is 97.7 Å². The summed E-state index contributed by atoms with van der Waals surface area (Å²) in [6, 6.07) is 3.33. The van der Waals surface area contributed by atoms with Crippen LogP contribution in [0.4, 0.5) is 0 Å². The van der Waals surface area contributed by atoms with Crippen molar-refractivity contribution in [3.8, 4) is 6.07 Å². The number of nitrogens with one attached hydrogen (secondary N) is 1. The quantitative estimate of drug-likeness (QED) is 0.795. The van der Waals surface area contributed by atoms with E-state index < -0.39 is 32.9 Å². The van der Waals surface area contributed by atoms with Crippen LogP contribution in [0.15, 0.2) is 21.6 Å². The number of rotatable bonds is 5. The second kappa shape index (κ2) is 4.99. The SMILES string of the molecule is CC(CC#N)NS(=O)(=O)c1ccc(C(=O)O)o1. The number of furan rings is 1. The van der Waals surface area contributed by atoms with Crippen molar-refractivity contribution in [2.75, 3.05) is 0 Å². The number of hydrogen-bond donors (Lipinski definition) is 2. The van der Waals surface area contributed by atoms with Gasteiger partial charge in [-0.2, -0.15) is 5.26 Å². The molecule has 1 aromatic rings. The third-order valence-corrected chi connectivity index (χ3v) is 3.27. The van der Waals surface area contributed by atoms with E-state index in [1.54, 1.807) is 0 Å². The number of carboxylic acids is 1. The van der Waals surface area contributed by atoms with E-state index in [0.717, 1.165) is 12.1 Å². The molecule has 0 saturated carbocycles. The number of sulfonamides is 1. The van der Waals surface area contributed by atoms with Gasteiger partial charge in [-0.1, -0.05) is 0 Å². The van der Waals surface area contributed by atoms with Crippen molar-refractivity contribution in [3.63, 3.8) is 0 Å². The van der Waals surface area contributed by atoms with Crippen molar-refractivity contribution < 1.29 is 22.7 Å². The maximum atomic E-state index is 11.6. The number of hydrogen-bond acceptors (Lipinski definition) is 5. The number of nitriles is 1. The van der Waals surface area contributed by atoms with Crippen LogP contribution in [0.5, 0.6) is 0 Å². The van der Waals surface area contributed by atoms with E-state index in [1.165, 1.54) is 6.92 Å². The molecule has 0 bridgehead atoms. The van der Waals surface area contributed by atoms with Crippen molar-refractivity contribution in [3.05, 3.63) is 17.9 Å². The molecule has 0 aliphatic rings. The van der Waals surface area contributed by atoms with Crippen LogP contribution >= 0.6 is 0 Å². The van der Waals surface area contributed by atoms with Gasteiger partial charge in [-0.3, -0.25) is 0 Å². The second-order valence-electron chi connectivity index (χ2n) is 3.31. The Kier molecular flexibility index (Phi) is 3.88. The average Bonchev–Trinajstić information content (AvgIpc) is 2.65. The zero-order valence-corrected chi connectivity index (χ0v) is 9.69. The first-order chi connectivity index (χ1) is 7.86. The maximum absolute atomic E-state index is 11.6. The summed E-state index contributed by atoms with van der Waals surface area (Å²) in [5, 5.41) is 16.5. The summed E-state index contributed by atoms with van der Waals surface area (Å²) in [5.74, 6) is -1.81. The molecule has 1 aromatic heterocycles. The Morgan fingerprint density at radius 3 is 2.76 bits per heavy atom. The van der Waals surface area contributed by atoms with Gasteiger partial charge in [0.2, 0.25) is 10.9 Å². The lowest BCUT2D eigenvalue weighted by molar-refractivity contribution is 0.0656. The monoisotopic (exact) mass is 258 g/mol. The van der Waals surface area contributed by atoms with Gasteiger partial charge in [-0.25, -0.2) is 17.9 Å². The minimum absolute atomic E-state index is 0.00568. The van der Waals surface area contributed by atoms with Crippen LogP contribution < -0.4 is 4.72 Å². The third kappa shape index (κ3) is 3.30. The number of aromatic carboxylic acids is 1. The highest BCUT2D eigenvalue weighted by molar-refractivity contribution is 7.89. The summed E-state index contributed by atoms with van der Waals surface area (Å²) in [6.07, 6.45) is 0.00568. The molecule has 0 amide bonds. The van der Waals surface area contributed by atoms with Crippen molar-refractivity contribution >= 4 is 16.0 Å². The molecular weight excluding hydrogens is 248 g/mol. The molecule has 0 fully saturated rings. The summed E-state index contributed by atoms with van der Waals surface area (Å²) in [6.45, 7) is 1.52. The van der Waals surface area contributed by atoms with Gasteiger partial charge >= 0.3 is 5.97 Å². The molecule has 1 rings (SSSR count). The summed E-state index contributed by atoms with van der Waals surface area (Å²) >= 11 is 0. The van der Waals surface area contributed by atoms with Crippen LogP contribution in [-0.4, -0.2) is 25.5 Å². The van der Waals surface area contributed by atoms with Crippen LogP contribution in [0, 0.1) is 11.3 Å². The molecule has 1 heterocycles. The molecule has 0 aliphatic heterocycles. The van der Waals surface area contributed by atoms with Gasteiger partial charge in [0.25, 0.3) is 10.0 Å². The Balaban J connectivity index is 2.90. The largest absolute Gasteiger partial charge is 0.475 e. The molecule has 7 nitrogen and oxygen atoms in total. The van der Waals surface area contributed by atoms with Crippen molar-refractivity contribution in [2.45, 2.75) is 24.5 Å². The normalized spacial score (nSPS) is 12.9. The molecule has 0 aliphatic carbocycles. The maximum Gasteiger partial charge on any atom is 0.371 e. The van der Waals surface area contributed by atoms with E-state index >= 15 is 0 Å². The third-order valence-electron chi connectivity index (χ3n) is 1.81. The lowest BCUT2D eigenvalue weighted by atomic mass is 10.3. The molecule has 0 aromatic carbocycles. The number of nitrogens with zero attached hydrogens (tertiary/aromatic N) is 1. The first-order valence-electron chi connectivity index (χ1n) is 4.59. The predicted molar refractivity (Wildman–Crippen MR) is 55.7 cm³/mol. The first-order valence-corrected chi connectivity index (χ1v) is 6.07. The minimum atomic E-state index is -3.93. The van der Waals surface area contributed by atoms with Crippen molar-refractivity contribution in [2.24, 2.45) is 0 Å². The van der Waals surface area contributed by atoms with Gasteiger partial charge in [-0.05, 0) is 19.1 Å². The van der Waals surface area contributed by atoms with E-state index in [2.05, 4.69) is 9.14 Å². The van der Waals surface area contributed by atoms with Gasteiger partial charge < -0.3 is 9.52 Å². The van der Waals surface area contributed by atoms with Crippen molar-refractivity contribution in [1.82, 2.24) is 4.72 Å². The van der Waals surface area contributed by atoms with E-state index in [0.29, 0.717) is 0 Å². The molecule has 0 spiro atoms. The molecule has 92 valence electrons. The van der Waals surface area contributed by atoms with Gasteiger partial charge in [0.05, 0.1) is 12.5 Å². The minimum Gasteiger partial charge on any atom is -0.475 e.